The highest BCUT2D eigenvalue weighted by molar-refractivity contribution is 6.21. The van der Waals surface area contributed by atoms with E-state index >= 15 is 0 Å². The van der Waals surface area contributed by atoms with Gasteiger partial charge in [0.1, 0.15) is 0 Å². The van der Waals surface area contributed by atoms with Gasteiger partial charge in [0, 0.05) is 20.0 Å². The fourth-order valence-electron chi connectivity index (χ4n) is 1.40. The minimum absolute atomic E-state index is 0.00781. The summed E-state index contributed by atoms with van der Waals surface area (Å²) in [7, 11) is 1.77. The summed E-state index contributed by atoms with van der Waals surface area (Å²) in [6.07, 6.45) is 0. The molecule has 3 heteroatoms. The second kappa shape index (κ2) is 5.17. The van der Waals surface area contributed by atoms with E-state index in [1.807, 2.05) is 37.3 Å². The summed E-state index contributed by atoms with van der Waals surface area (Å²) in [5.41, 5.74) is 1.04. The Morgan fingerprint density at radius 2 is 1.87 bits per heavy atom. The lowest BCUT2D eigenvalue weighted by molar-refractivity contribution is -0.129. The SMILES string of the molecule is CC(=O)N(C)C(C)C(Cl)c1ccccc1. The number of hydrogen-bond donors (Lipinski definition) is 0. The van der Waals surface area contributed by atoms with Crippen molar-refractivity contribution in [2.45, 2.75) is 25.3 Å². The second-order valence-corrected chi connectivity index (χ2v) is 4.15. The first-order chi connectivity index (χ1) is 7.04. The van der Waals surface area contributed by atoms with Crippen molar-refractivity contribution in [3.05, 3.63) is 35.9 Å². The number of halogens is 1. The van der Waals surface area contributed by atoms with Gasteiger partial charge in [0.05, 0.1) is 5.38 Å². The average molecular weight is 226 g/mol. The van der Waals surface area contributed by atoms with Gasteiger partial charge in [-0.1, -0.05) is 30.3 Å². The molecule has 82 valence electrons. The van der Waals surface area contributed by atoms with Gasteiger partial charge in [0.15, 0.2) is 0 Å². The number of benzene rings is 1. The van der Waals surface area contributed by atoms with Crippen molar-refractivity contribution in [2.24, 2.45) is 0 Å². The smallest absolute Gasteiger partial charge is 0.219 e. The third kappa shape index (κ3) is 2.96. The maximum atomic E-state index is 11.2. The van der Waals surface area contributed by atoms with Gasteiger partial charge in [-0.25, -0.2) is 0 Å². The Morgan fingerprint density at radius 3 is 2.33 bits per heavy atom. The summed E-state index contributed by atoms with van der Waals surface area (Å²) < 4.78 is 0. The molecule has 15 heavy (non-hydrogen) atoms. The van der Waals surface area contributed by atoms with Crippen molar-refractivity contribution in [3.8, 4) is 0 Å². The molecule has 0 aliphatic carbocycles. The third-order valence-corrected chi connectivity index (χ3v) is 3.27. The Labute approximate surface area is 95.8 Å². The lowest BCUT2D eigenvalue weighted by atomic mass is 10.1. The second-order valence-electron chi connectivity index (χ2n) is 3.68. The first-order valence-corrected chi connectivity index (χ1v) is 5.40. The quantitative estimate of drug-likeness (QED) is 0.725. The minimum atomic E-state index is -0.167. The molecule has 0 bridgehead atoms. The predicted octanol–water partition coefficient (Wildman–Crippen LogP) is 2.83. The highest BCUT2D eigenvalue weighted by atomic mass is 35.5. The number of carbonyl (C=O) groups excluding carboxylic acids is 1. The molecule has 0 aliphatic rings. The standard InChI is InChI=1S/C12H16ClNO/c1-9(14(3)10(2)15)12(13)11-7-5-4-6-8-11/h4-9,12H,1-3H3. The molecule has 0 heterocycles. The van der Waals surface area contributed by atoms with Crippen LogP contribution in [0.2, 0.25) is 0 Å². The molecule has 1 aromatic rings. The zero-order valence-electron chi connectivity index (χ0n) is 9.27. The number of rotatable bonds is 3. The van der Waals surface area contributed by atoms with Crippen LogP contribution < -0.4 is 0 Å². The summed E-state index contributed by atoms with van der Waals surface area (Å²) in [6, 6.07) is 9.79. The van der Waals surface area contributed by atoms with E-state index < -0.39 is 0 Å². The maximum Gasteiger partial charge on any atom is 0.219 e. The minimum Gasteiger partial charge on any atom is -0.341 e. The molecule has 2 unspecified atom stereocenters. The van der Waals surface area contributed by atoms with Crippen molar-refractivity contribution in [3.63, 3.8) is 0 Å². The molecule has 2 atom stereocenters. The van der Waals surface area contributed by atoms with E-state index in [0.717, 1.165) is 5.56 Å². The molecule has 0 aliphatic heterocycles. The lowest BCUT2D eigenvalue weighted by Crippen LogP contribution is -2.35. The van der Waals surface area contributed by atoms with Gasteiger partial charge in [-0.3, -0.25) is 4.79 Å². The van der Waals surface area contributed by atoms with Gasteiger partial charge in [0.2, 0.25) is 5.91 Å². The number of likely N-dealkylation sites (N-methyl/N-ethyl adjacent to an activating group) is 1. The van der Waals surface area contributed by atoms with Gasteiger partial charge in [0.25, 0.3) is 0 Å². The highest BCUT2D eigenvalue weighted by Crippen LogP contribution is 2.26. The Kier molecular flexibility index (Phi) is 4.15. The zero-order chi connectivity index (χ0) is 11.4. The summed E-state index contributed by atoms with van der Waals surface area (Å²) in [4.78, 5) is 12.8. The summed E-state index contributed by atoms with van der Waals surface area (Å²) in [5.74, 6) is 0.0316. The molecular weight excluding hydrogens is 210 g/mol. The Hall–Kier alpha value is -1.02. The summed E-state index contributed by atoms with van der Waals surface area (Å²) in [5, 5.41) is -0.167. The number of carbonyl (C=O) groups is 1. The number of nitrogens with zero attached hydrogens (tertiary/aromatic N) is 1. The molecule has 0 aromatic heterocycles. The first kappa shape index (κ1) is 12.1. The maximum absolute atomic E-state index is 11.2. The van der Waals surface area contributed by atoms with Crippen LogP contribution in [0.1, 0.15) is 24.8 Å². The molecule has 0 saturated heterocycles. The van der Waals surface area contributed by atoms with Gasteiger partial charge >= 0.3 is 0 Å². The van der Waals surface area contributed by atoms with Crippen molar-refractivity contribution in [2.75, 3.05) is 7.05 Å². The normalized spacial score (nSPS) is 14.4. The van der Waals surface area contributed by atoms with Gasteiger partial charge in [-0.05, 0) is 12.5 Å². The largest absolute Gasteiger partial charge is 0.341 e. The van der Waals surface area contributed by atoms with Crippen LogP contribution in [0.3, 0.4) is 0 Å². The molecule has 0 radical (unpaired) electrons. The predicted molar refractivity (Wildman–Crippen MR) is 62.9 cm³/mol. The fourth-order valence-corrected chi connectivity index (χ4v) is 1.71. The molecule has 1 amide bonds. The summed E-state index contributed by atoms with van der Waals surface area (Å²) >= 11 is 6.30. The third-order valence-electron chi connectivity index (χ3n) is 2.65. The van der Waals surface area contributed by atoms with Crippen molar-refractivity contribution >= 4 is 17.5 Å². The van der Waals surface area contributed by atoms with E-state index in [1.54, 1.807) is 18.9 Å². The monoisotopic (exact) mass is 225 g/mol. The van der Waals surface area contributed by atoms with Gasteiger partial charge in [-0.15, -0.1) is 11.6 Å². The molecular formula is C12H16ClNO. The van der Waals surface area contributed by atoms with Crippen LogP contribution in [-0.2, 0) is 4.79 Å². The van der Waals surface area contributed by atoms with Gasteiger partial charge in [-0.2, -0.15) is 0 Å². The summed E-state index contributed by atoms with van der Waals surface area (Å²) in [6.45, 7) is 3.50. The number of alkyl halides is 1. The van der Waals surface area contributed by atoms with Crippen molar-refractivity contribution in [1.82, 2.24) is 4.90 Å². The molecule has 0 fully saturated rings. The molecule has 0 N–H and O–H groups in total. The van der Waals surface area contributed by atoms with Crippen LogP contribution in [0, 0.1) is 0 Å². The zero-order valence-corrected chi connectivity index (χ0v) is 10.0. The Bertz CT molecular complexity index is 326. The van der Waals surface area contributed by atoms with E-state index in [2.05, 4.69) is 0 Å². The van der Waals surface area contributed by atoms with E-state index in [1.165, 1.54) is 0 Å². The van der Waals surface area contributed by atoms with E-state index in [0.29, 0.717) is 0 Å². The molecule has 0 spiro atoms. The van der Waals surface area contributed by atoms with Crippen LogP contribution in [0.5, 0.6) is 0 Å². The lowest BCUT2D eigenvalue weighted by Gasteiger charge is -2.27. The van der Waals surface area contributed by atoms with Crippen LogP contribution in [-0.4, -0.2) is 23.9 Å². The van der Waals surface area contributed by atoms with Crippen LogP contribution >= 0.6 is 11.6 Å². The molecule has 0 saturated carbocycles. The fraction of sp³-hybridized carbons (Fsp3) is 0.417. The van der Waals surface area contributed by atoms with Crippen molar-refractivity contribution in [1.29, 1.82) is 0 Å². The average Bonchev–Trinajstić information content (AvgIpc) is 2.27. The Morgan fingerprint density at radius 1 is 1.33 bits per heavy atom. The Balaban J connectivity index is 2.77. The first-order valence-electron chi connectivity index (χ1n) is 4.96. The van der Waals surface area contributed by atoms with Crippen LogP contribution in [0.25, 0.3) is 0 Å². The number of amides is 1. The topological polar surface area (TPSA) is 20.3 Å². The van der Waals surface area contributed by atoms with Crippen LogP contribution in [0.15, 0.2) is 30.3 Å². The van der Waals surface area contributed by atoms with Gasteiger partial charge < -0.3 is 4.90 Å². The van der Waals surface area contributed by atoms with E-state index in [9.17, 15) is 4.79 Å². The van der Waals surface area contributed by atoms with E-state index in [-0.39, 0.29) is 17.3 Å². The van der Waals surface area contributed by atoms with Crippen molar-refractivity contribution < 1.29 is 4.79 Å². The van der Waals surface area contributed by atoms with Crippen LogP contribution in [0.4, 0.5) is 0 Å². The molecule has 1 rings (SSSR count). The molecule has 2 nitrogen and oxygen atoms in total. The highest BCUT2D eigenvalue weighted by Gasteiger charge is 2.21. The molecule has 1 aromatic carbocycles. The van der Waals surface area contributed by atoms with E-state index in [4.69, 9.17) is 11.6 Å². The number of hydrogen-bond acceptors (Lipinski definition) is 1.